The monoisotopic (exact) mass is 209 g/mol. The molecular weight excluding hydrogens is 198 g/mol. The molecule has 0 saturated carbocycles. The molecule has 0 aromatic heterocycles. The van der Waals surface area contributed by atoms with Gasteiger partial charge in [-0.25, -0.2) is 4.79 Å². The van der Waals surface area contributed by atoms with Crippen molar-refractivity contribution in [2.24, 2.45) is 4.99 Å². The van der Waals surface area contributed by atoms with Crippen LogP contribution in [0.5, 0.6) is 0 Å². The minimum Gasteiger partial charge on any atom is -0.335 e. The molecule has 0 aromatic rings. The lowest BCUT2D eigenvalue weighted by molar-refractivity contribution is -0.127. The molecule has 0 saturated heterocycles. The van der Waals surface area contributed by atoms with Crippen molar-refractivity contribution in [2.75, 3.05) is 13.3 Å². The van der Waals surface area contributed by atoms with Gasteiger partial charge in [0.25, 0.3) is 0 Å². The molecule has 15 heavy (non-hydrogen) atoms. The molecule has 0 aliphatic rings. The summed E-state index contributed by atoms with van der Waals surface area (Å²) in [7, 11) is 0. The van der Waals surface area contributed by atoms with Crippen molar-refractivity contribution in [2.45, 2.75) is 0 Å². The molecular formula is C9H11N3O3. The number of isocyanates is 1. The second-order valence-electron chi connectivity index (χ2n) is 2.38. The number of nitrogens with zero attached hydrogens (tertiary/aromatic N) is 2. The molecule has 80 valence electrons. The van der Waals surface area contributed by atoms with Gasteiger partial charge >= 0.3 is 0 Å². The molecule has 0 aromatic carbocycles. The highest BCUT2D eigenvalue weighted by molar-refractivity contribution is 5.89. The maximum atomic E-state index is 11.2. The largest absolute Gasteiger partial charge is 0.335 e. The van der Waals surface area contributed by atoms with Crippen molar-refractivity contribution < 1.29 is 14.4 Å². The Balaban J connectivity index is 4.29. The Labute approximate surface area is 87.0 Å². The summed E-state index contributed by atoms with van der Waals surface area (Å²) in [4.78, 5) is 36.1. The molecule has 0 spiro atoms. The van der Waals surface area contributed by atoms with Crippen molar-refractivity contribution in [1.82, 2.24) is 10.2 Å². The van der Waals surface area contributed by atoms with E-state index in [2.05, 4.69) is 23.5 Å². The number of nitrogens with one attached hydrogen (secondary N) is 1. The van der Waals surface area contributed by atoms with E-state index in [1.165, 1.54) is 6.08 Å². The molecule has 2 amide bonds. The van der Waals surface area contributed by atoms with Gasteiger partial charge in [0, 0.05) is 0 Å². The molecule has 0 atom stereocenters. The molecule has 6 heteroatoms. The molecule has 0 aliphatic carbocycles. The van der Waals surface area contributed by atoms with Crippen molar-refractivity contribution in [3.05, 3.63) is 25.3 Å². The maximum Gasteiger partial charge on any atom is 0.248 e. The van der Waals surface area contributed by atoms with Gasteiger partial charge in [0.2, 0.25) is 17.9 Å². The Morgan fingerprint density at radius 1 is 1.40 bits per heavy atom. The third-order valence-electron chi connectivity index (χ3n) is 1.42. The number of hydrogen-bond acceptors (Lipinski definition) is 4. The Morgan fingerprint density at radius 2 is 2.07 bits per heavy atom. The third-order valence-corrected chi connectivity index (χ3v) is 1.42. The average molecular weight is 209 g/mol. The number of aliphatic imine (C=N–C) groups is 1. The summed E-state index contributed by atoms with van der Waals surface area (Å²) in [6, 6.07) is 0. The fourth-order valence-corrected chi connectivity index (χ4v) is 0.686. The first-order valence-electron chi connectivity index (χ1n) is 4.01. The van der Waals surface area contributed by atoms with Gasteiger partial charge in [-0.05, 0) is 12.2 Å². The van der Waals surface area contributed by atoms with Gasteiger partial charge in [-0.15, -0.1) is 0 Å². The van der Waals surface area contributed by atoms with E-state index in [1.807, 2.05) is 0 Å². The normalized spacial score (nSPS) is 8.27. The highest BCUT2D eigenvalue weighted by atomic mass is 16.2. The predicted octanol–water partition coefficient (Wildman–Crippen LogP) is -0.446. The van der Waals surface area contributed by atoms with Crippen LogP contribution in [0, 0.1) is 0 Å². The van der Waals surface area contributed by atoms with Crippen LogP contribution in [-0.4, -0.2) is 36.1 Å². The van der Waals surface area contributed by atoms with Crippen LogP contribution in [0.4, 0.5) is 0 Å². The van der Waals surface area contributed by atoms with Gasteiger partial charge in [-0.2, -0.15) is 4.99 Å². The minimum absolute atomic E-state index is 0.0686. The maximum absolute atomic E-state index is 11.2. The van der Waals surface area contributed by atoms with Crippen molar-refractivity contribution in [1.29, 1.82) is 0 Å². The van der Waals surface area contributed by atoms with Gasteiger partial charge in [-0.3, -0.25) is 9.59 Å². The van der Waals surface area contributed by atoms with E-state index in [1.54, 1.807) is 0 Å². The van der Waals surface area contributed by atoms with E-state index in [0.29, 0.717) is 0 Å². The molecule has 0 rings (SSSR count). The van der Waals surface area contributed by atoms with E-state index < -0.39 is 11.8 Å². The van der Waals surface area contributed by atoms with E-state index in [-0.39, 0.29) is 13.3 Å². The van der Waals surface area contributed by atoms with Crippen LogP contribution < -0.4 is 5.32 Å². The zero-order valence-electron chi connectivity index (χ0n) is 8.10. The molecule has 0 bridgehead atoms. The quantitative estimate of drug-likeness (QED) is 0.278. The molecule has 0 heterocycles. The summed E-state index contributed by atoms with van der Waals surface area (Å²) < 4.78 is 0. The second-order valence-corrected chi connectivity index (χ2v) is 2.38. The summed E-state index contributed by atoms with van der Waals surface area (Å²) in [5, 5.41) is 2.37. The standard InChI is InChI=1S/C9H11N3O3/c1-3-8(14)11-6-12(5-10-7-13)9(15)4-2/h3-4H,1-2,5-6H2,(H,11,14). The van der Waals surface area contributed by atoms with Gasteiger partial charge in [0.15, 0.2) is 0 Å². The van der Waals surface area contributed by atoms with Crippen LogP contribution in [0.15, 0.2) is 30.3 Å². The van der Waals surface area contributed by atoms with Crippen LogP contribution in [0.3, 0.4) is 0 Å². The van der Waals surface area contributed by atoms with Gasteiger partial charge in [-0.1, -0.05) is 13.2 Å². The SMILES string of the molecule is C=CC(=O)NCN(CN=C=O)C(=O)C=C. The lowest BCUT2D eigenvalue weighted by Crippen LogP contribution is -2.40. The van der Waals surface area contributed by atoms with Crippen molar-refractivity contribution in [3.8, 4) is 0 Å². The van der Waals surface area contributed by atoms with Crippen LogP contribution in [0.1, 0.15) is 0 Å². The summed E-state index contributed by atoms with van der Waals surface area (Å²) in [6.07, 6.45) is 3.42. The Morgan fingerprint density at radius 3 is 2.53 bits per heavy atom. The molecule has 1 N–H and O–H groups in total. The minimum atomic E-state index is -0.446. The zero-order chi connectivity index (χ0) is 11.7. The molecule has 6 nitrogen and oxygen atoms in total. The van der Waals surface area contributed by atoms with Gasteiger partial charge < -0.3 is 10.2 Å². The second kappa shape index (κ2) is 7.23. The number of rotatable bonds is 6. The van der Waals surface area contributed by atoms with E-state index in [9.17, 15) is 14.4 Å². The summed E-state index contributed by atoms with van der Waals surface area (Å²) in [5.74, 6) is -0.870. The number of carbonyl (C=O) groups excluding carboxylic acids is 3. The summed E-state index contributed by atoms with van der Waals surface area (Å²) in [5.41, 5.74) is 0. The molecule has 0 aliphatic heterocycles. The predicted molar refractivity (Wildman–Crippen MR) is 53.2 cm³/mol. The van der Waals surface area contributed by atoms with Crippen LogP contribution in [0.25, 0.3) is 0 Å². The number of carbonyl (C=O) groups is 2. The van der Waals surface area contributed by atoms with Crippen LogP contribution >= 0.6 is 0 Å². The number of hydrogen-bond donors (Lipinski definition) is 1. The lowest BCUT2D eigenvalue weighted by atomic mass is 10.5. The molecule has 0 unspecified atom stereocenters. The summed E-state index contributed by atoms with van der Waals surface area (Å²) >= 11 is 0. The van der Waals surface area contributed by atoms with Crippen LogP contribution in [0.2, 0.25) is 0 Å². The first-order chi connectivity index (χ1) is 7.15. The van der Waals surface area contributed by atoms with Crippen LogP contribution in [-0.2, 0) is 14.4 Å². The van der Waals surface area contributed by atoms with E-state index >= 15 is 0 Å². The zero-order valence-corrected chi connectivity index (χ0v) is 8.10. The fourth-order valence-electron chi connectivity index (χ4n) is 0.686. The lowest BCUT2D eigenvalue weighted by Gasteiger charge is -2.17. The van der Waals surface area contributed by atoms with Crippen molar-refractivity contribution in [3.63, 3.8) is 0 Å². The summed E-state index contributed by atoms with van der Waals surface area (Å²) in [6.45, 7) is 6.27. The van der Waals surface area contributed by atoms with Gasteiger partial charge in [0.1, 0.15) is 6.67 Å². The fraction of sp³-hybridized carbons (Fsp3) is 0.222. The highest BCUT2D eigenvalue weighted by Crippen LogP contribution is 1.89. The highest BCUT2D eigenvalue weighted by Gasteiger charge is 2.09. The first kappa shape index (κ1) is 12.8. The average Bonchev–Trinajstić information content (AvgIpc) is 2.27. The molecule has 0 radical (unpaired) electrons. The third kappa shape index (κ3) is 5.17. The molecule has 0 fully saturated rings. The Bertz CT molecular complexity index is 319. The topological polar surface area (TPSA) is 78.8 Å². The van der Waals surface area contributed by atoms with E-state index in [4.69, 9.17) is 0 Å². The van der Waals surface area contributed by atoms with Crippen molar-refractivity contribution >= 4 is 17.9 Å². The first-order valence-corrected chi connectivity index (χ1v) is 4.01. The van der Waals surface area contributed by atoms with E-state index in [0.717, 1.165) is 17.1 Å². The Kier molecular flexibility index (Phi) is 6.17. The smallest absolute Gasteiger partial charge is 0.248 e. The number of amides is 2. The van der Waals surface area contributed by atoms with Gasteiger partial charge in [0.05, 0.1) is 6.67 Å². The Hall–Kier alpha value is -2.20.